The van der Waals surface area contributed by atoms with E-state index in [-0.39, 0.29) is 5.91 Å². The molecule has 4 heteroatoms. The average molecular weight is 290 g/mol. The van der Waals surface area contributed by atoms with Crippen molar-refractivity contribution >= 4 is 17.7 Å². The molecule has 2 aromatic heterocycles. The number of rotatable bonds is 4. The molecule has 0 atom stereocenters. The quantitative estimate of drug-likeness (QED) is 0.739. The summed E-state index contributed by atoms with van der Waals surface area (Å²) in [5, 5.41) is 2.72. The Bertz CT molecular complexity index is 777. The second-order valence-electron chi connectivity index (χ2n) is 4.63. The summed E-state index contributed by atoms with van der Waals surface area (Å²) in [5.41, 5.74) is 1.66. The van der Waals surface area contributed by atoms with Crippen LogP contribution >= 0.6 is 0 Å². The maximum Gasteiger partial charge on any atom is 0.248 e. The van der Waals surface area contributed by atoms with Gasteiger partial charge in [-0.1, -0.05) is 30.3 Å². The summed E-state index contributed by atoms with van der Waals surface area (Å²) in [6.45, 7) is 0. The average Bonchev–Trinajstić information content (AvgIpc) is 3.04. The molecule has 0 unspecified atom stereocenters. The number of aromatic nitrogens is 1. The third-order valence-corrected chi connectivity index (χ3v) is 3.01. The second kappa shape index (κ2) is 6.54. The lowest BCUT2D eigenvalue weighted by Gasteiger charge is -1.99. The lowest BCUT2D eigenvalue weighted by atomic mass is 10.2. The van der Waals surface area contributed by atoms with Gasteiger partial charge in [0.2, 0.25) is 5.91 Å². The maximum absolute atomic E-state index is 11.8. The van der Waals surface area contributed by atoms with Crippen LogP contribution in [0.2, 0.25) is 0 Å². The number of furan rings is 1. The van der Waals surface area contributed by atoms with Gasteiger partial charge in [-0.05, 0) is 30.3 Å². The highest BCUT2D eigenvalue weighted by Crippen LogP contribution is 2.22. The smallest absolute Gasteiger partial charge is 0.248 e. The molecule has 0 bridgehead atoms. The molecule has 1 aromatic carbocycles. The van der Waals surface area contributed by atoms with Gasteiger partial charge in [-0.3, -0.25) is 9.78 Å². The fourth-order valence-electron chi connectivity index (χ4n) is 1.98. The van der Waals surface area contributed by atoms with E-state index in [0.29, 0.717) is 11.4 Å². The zero-order valence-corrected chi connectivity index (χ0v) is 11.8. The normalized spacial score (nSPS) is 10.7. The van der Waals surface area contributed by atoms with E-state index >= 15 is 0 Å². The first-order valence-corrected chi connectivity index (χ1v) is 6.85. The summed E-state index contributed by atoms with van der Waals surface area (Å²) in [5.74, 6) is 1.17. The Morgan fingerprint density at radius 2 is 1.91 bits per heavy atom. The molecule has 0 spiro atoms. The van der Waals surface area contributed by atoms with Crippen molar-refractivity contribution in [1.82, 2.24) is 4.98 Å². The van der Waals surface area contributed by atoms with Crippen molar-refractivity contribution in [3.63, 3.8) is 0 Å². The third kappa shape index (κ3) is 3.49. The minimum Gasteiger partial charge on any atom is -0.457 e. The zero-order valence-electron chi connectivity index (χ0n) is 11.8. The molecule has 0 fully saturated rings. The molecule has 1 amide bonds. The SMILES string of the molecule is O=C(/C=C/c1ccc(-c2ccccc2)o1)Nc1cccnc1. The first-order chi connectivity index (χ1) is 10.8. The number of benzene rings is 1. The number of carbonyl (C=O) groups excluding carboxylic acids is 1. The van der Waals surface area contributed by atoms with Gasteiger partial charge in [0.05, 0.1) is 11.9 Å². The molecule has 3 rings (SSSR count). The van der Waals surface area contributed by atoms with Crippen molar-refractivity contribution < 1.29 is 9.21 Å². The summed E-state index contributed by atoms with van der Waals surface area (Å²) in [6, 6.07) is 17.1. The molecule has 0 aliphatic heterocycles. The Balaban J connectivity index is 1.66. The predicted octanol–water partition coefficient (Wildman–Crippen LogP) is 3.99. The monoisotopic (exact) mass is 290 g/mol. The number of carbonyl (C=O) groups is 1. The van der Waals surface area contributed by atoms with Crippen LogP contribution in [0.15, 0.2) is 77.5 Å². The Morgan fingerprint density at radius 1 is 1.05 bits per heavy atom. The fourth-order valence-corrected chi connectivity index (χ4v) is 1.98. The molecule has 0 saturated heterocycles. The van der Waals surface area contributed by atoms with E-state index in [4.69, 9.17) is 4.42 Å². The van der Waals surface area contributed by atoms with Gasteiger partial charge in [0.15, 0.2) is 0 Å². The first kappa shape index (κ1) is 13.8. The van der Waals surface area contributed by atoms with Gasteiger partial charge in [0.25, 0.3) is 0 Å². The van der Waals surface area contributed by atoms with Crippen molar-refractivity contribution in [3.05, 3.63) is 78.8 Å². The summed E-state index contributed by atoms with van der Waals surface area (Å²) < 4.78 is 5.69. The molecule has 22 heavy (non-hydrogen) atoms. The maximum atomic E-state index is 11.8. The molecule has 3 aromatic rings. The highest BCUT2D eigenvalue weighted by molar-refractivity contribution is 6.01. The van der Waals surface area contributed by atoms with Gasteiger partial charge in [0, 0.05) is 17.8 Å². The van der Waals surface area contributed by atoms with Crippen molar-refractivity contribution in [2.45, 2.75) is 0 Å². The molecular formula is C18H14N2O2. The summed E-state index contributed by atoms with van der Waals surface area (Å²) in [6.07, 6.45) is 6.31. The first-order valence-electron chi connectivity index (χ1n) is 6.85. The van der Waals surface area contributed by atoms with Crippen LogP contribution in [0, 0.1) is 0 Å². The number of anilines is 1. The minimum atomic E-state index is -0.231. The van der Waals surface area contributed by atoms with E-state index in [0.717, 1.165) is 11.3 Å². The van der Waals surface area contributed by atoms with Crippen molar-refractivity contribution in [2.75, 3.05) is 5.32 Å². The molecule has 2 heterocycles. The van der Waals surface area contributed by atoms with Crippen LogP contribution in [0.1, 0.15) is 5.76 Å². The summed E-state index contributed by atoms with van der Waals surface area (Å²) >= 11 is 0. The molecule has 0 radical (unpaired) electrons. The zero-order chi connectivity index (χ0) is 15.2. The number of hydrogen-bond acceptors (Lipinski definition) is 3. The van der Waals surface area contributed by atoms with E-state index < -0.39 is 0 Å². The minimum absolute atomic E-state index is 0.231. The highest BCUT2D eigenvalue weighted by atomic mass is 16.3. The van der Waals surface area contributed by atoms with E-state index in [9.17, 15) is 4.79 Å². The summed E-state index contributed by atoms with van der Waals surface area (Å²) in [7, 11) is 0. The van der Waals surface area contributed by atoms with Crippen LogP contribution in [0.4, 0.5) is 5.69 Å². The van der Waals surface area contributed by atoms with E-state index in [2.05, 4.69) is 10.3 Å². The Kier molecular flexibility index (Phi) is 4.11. The van der Waals surface area contributed by atoms with Crippen LogP contribution in [-0.2, 0) is 4.79 Å². The number of hydrogen-bond donors (Lipinski definition) is 1. The van der Waals surface area contributed by atoms with Crippen LogP contribution in [0.25, 0.3) is 17.4 Å². The standard InChI is InChI=1S/C18H14N2O2/c21-18(20-15-7-4-12-19-13-15)11-9-16-8-10-17(22-16)14-5-2-1-3-6-14/h1-13H,(H,20,21)/b11-9+. The van der Waals surface area contributed by atoms with Crippen molar-refractivity contribution in [2.24, 2.45) is 0 Å². The second-order valence-corrected chi connectivity index (χ2v) is 4.63. The van der Waals surface area contributed by atoms with E-state index in [1.54, 1.807) is 30.6 Å². The van der Waals surface area contributed by atoms with Gasteiger partial charge in [-0.15, -0.1) is 0 Å². The van der Waals surface area contributed by atoms with Crippen molar-refractivity contribution in [1.29, 1.82) is 0 Å². The molecule has 1 N–H and O–H groups in total. The lowest BCUT2D eigenvalue weighted by Crippen LogP contribution is -2.07. The van der Waals surface area contributed by atoms with Gasteiger partial charge in [0.1, 0.15) is 11.5 Å². The number of pyridine rings is 1. The van der Waals surface area contributed by atoms with E-state index in [1.165, 1.54) is 6.08 Å². The Labute approximate surface area is 128 Å². The Hall–Kier alpha value is -3.14. The number of nitrogens with zero attached hydrogens (tertiary/aromatic N) is 1. The van der Waals surface area contributed by atoms with Gasteiger partial charge in [-0.25, -0.2) is 0 Å². The number of amides is 1. The van der Waals surface area contributed by atoms with Gasteiger partial charge in [-0.2, -0.15) is 0 Å². The molecule has 4 nitrogen and oxygen atoms in total. The fraction of sp³-hybridized carbons (Fsp3) is 0. The molecule has 0 saturated carbocycles. The number of nitrogens with one attached hydrogen (secondary N) is 1. The van der Waals surface area contributed by atoms with Crippen LogP contribution in [0.3, 0.4) is 0 Å². The van der Waals surface area contributed by atoms with Crippen molar-refractivity contribution in [3.8, 4) is 11.3 Å². The van der Waals surface area contributed by atoms with E-state index in [1.807, 2.05) is 42.5 Å². The third-order valence-electron chi connectivity index (χ3n) is 3.01. The molecular weight excluding hydrogens is 276 g/mol. The molecule has 0 aliphatic rings. The topological polar surface area (TPSA) is 55.1 Å². The predicted molar refractivity (Wildman–Crippen MR) is 86.0 cm³/mol. The van der Waals surface area contributed by atoms with Crippen LogP contribution in [0.5, 0.6) is 0 Å². The van der Waals surface area contributed by atoms with Gasteiger partial charge >= 0.3 is 0 Å². The molecule has 0 aliphatic carbocycles. The van der Waals surface area contributed by atoms with Crippen LogP contribution < -0.4 is 5.32 Å². The lowest BCUT2D eigenvalue weighted by molar-refractivity contribution is -0.111. The van der Waals surface area contributed by atoms with Crippen LogP contribution in [-0.4, -0.2) is 10.9 Å². The summed E-state index contributed by atoms with van der Waals surface area (Å²) in [4.78, 5) is 15.7. The Morgan fingerprint density at radius 3 is 2.68 bits per heavy atom. The van der Waals surface area contributed by atoms with Gasteiger partial charge < -0.3 is 9.73 Å². The largest absolute Gasteiger partial charge is 0.457 e. The highest BCUT2D eigenvalue weighted by Gasteiger charge is 2.03. The molecule has 108 valence electrons.